The number of hydrogen-bond acceptors (Lipinski definition) is 3. The van der Waals surface area contributed by atoms with Crippen molar-refractivity contribution in [3.63, 3.8) is 0 Å². The molecule has 19 heavy (non-hydrogen) atoms. The number of aliphatic carboxylic acids is 1. The molecule has 2 aliphatic rings. The van der Waals surface area contributed by atoms with Gasteiger partial charge in [0.15, 0.2) is 0 Å². The summed E-state index contributed by atoms with van der Waals surface area (Å²) in [7, 11) is 0. The zero-order valence-corrected chi connectivity index (χ0v) is 11.4. The molecule has 0 aromatic carbocycles. The van der Waals surface area contributed by atoms with E-state index in [0.29, 0.717) is 25.9 Å². The molecule has 1 saturated heterocycles. The Labute approximate surface area is 113 Å². The molecule has 2 N–H and O–H groups in total. The average Bonchev–Trinajstić information content (AvgIpc) is 2.87. The Balaban J connectivity index is 1.92. The number of likely N-dealkylation sites (tertiary alicyclic amines) is 1. The molecule has 1 unspecified atom stereocenters. The maximum absolute atomic E-state index is 12.4. The third-order valence-electron chi connectivity index (χ3n) is 4.68. The Morgan fingerprint density at radius 1 is 1.11 bits per heavy atom. The Bertz CT molecular complexity index is 347. The molecule has 108 valence electrons. The van der Waals surface area contributed by atoms with Crippen molar-refractivity contribution >= 4 is 11.9 Å². The number of aliphatic hydroxyl groups excluding tert-OH is 1. The molecule has 0 bridgehead atoms. The molecular formula is C14H23NO4. The van der Waals surface area contributed by atoms with Crippen LogP contribution in [0.2, 0.25) is 0 Å². The van der Waals surface area contributed by atoms with E-state index in [0.717, 1.165) is 19.3 Å². The van der Waals surface area contributed by atoms with Gasteiger partial charge in [0.1, 0.15) is 0 Å². The van der Waals surface area contributed by atoms with E-state index in [1.165, 1.54) is 0 Å². The summed E-state index contributed by atoms with van der Waals surface area (Å²) in [5.41, 5.74) is 0. The molecule has 0 aromatic rings. The number of nitrogens with zero attached hydrogens (tertiary/aromatic N) is 1. The van der Waals surface area contributed by atoms with Crippen molar-refractivity contribution in [1.82, 2.24) is 4.90 Å². The van der Waals surface area contributed by atoms with Crippen molar-refractivity contribution in [3.8, 4) is 0 Å². The summed E-state index contributed by atoms with van der Waals surface area (Å²) in [5.74, 6) is -1.39. The molecule has 0 aromatic heterocycles. The highest BCUT2D eigenvalue weighted by Crippen LogP contribution is 2.34. The van der Waals surface area contributed by atoms with E-state index < -0.39 is 11.9 Å². The van der Waals surface area contributed by atoms with E-state index in [9.17, 15) is 14.7 Å². The molecule has 5 heteroatoms. The second-order valence-corrected chi connectivity index (χ2v) is 5.89. The number of carboxylic acid groups (broad SMARTS) is 1. The van der Waals surface area contributed by atoms with Crippen LogP contribution in [-0.2, 0) is 9.59 Å². The first-order valence-corrected chi connectivity index (χ1v) is 7.20. The summed E-state index contributed by atoms with van der Waals surface area (Å²) in [6.45, 7) is 3.09. The lowest BCUT2D eigenvalue weighted by molar-refractivity contribution is -0.149. The third kappa shape index (κ3) is 3.08. The van der Waals surface area contributed by atoms with Crippen LogP contribution in [0.1, 0.15) is 39.0 Å². The summed E-state index contributed by atoms with van der Waals surface area (Å²) >= 11 is 0. The number of carbonyl (C=O) groups is 2. The van der Waals surface area contributed by atoms with Gasteiger partial charge >= 0.3 is 5.97 Å². The average molecular weight is 269 g/mol. The number of rotatable bonds is 3. The summed E-state index contributed by atoms with van der Waals surface area (Å²) in [5, 5.41) is 18.7. The van der Waals surface area contributed by atoms with Gasteiger partial charge in [0.25, 0.3) is 0 Å². The second kappa shape index (κ2) is 5.90. The molecule has 0 radical (unpaired) electrons. The van der Waals surface area contributed by atoms with Gasteiger partial charge in [0.2, 0.25) is 5.91 Å². The first-order chi connectivity index (χ1) is 9.00. The highest BCUT2D eigenvalue weighted by atomic mass is 16.4. The smallest absolute Gasteiger partial charge is 0.307 e. The fraction of sp³-hybridized carbons (Fsp3) is 0.857. The first kappa shape index (κ1) is 14.3. The normalized spacial score (nSPS) is 30.3. The van der Waals surface area contributed by atoms with Gasteiger partial charge in [-0.05, 0) is 38.5 Å². The van der Waals surface area contributed by atoms with Gasteiger partial charge in [-0.3, -0.25) is 9.59 Å². The summed E-state index contributed by atoms with van der Waals surface area (Å²) in [6.07, 6.45) is 3.46. The Morgan fingerprint density at radius 3 is 2.21 bits per heavy atom. The second-order valence-electron chi connectivity index (χ2n) is 5.89. The molecule has 5 nitrogen and oxygen atoms in total. The first-order valence-electron chi connectivity index (χ1n) is 7.20. The number of carbonyl (C=O) groups excluding carboxylic acids is 1. The minimum absolute atomic E-state index is 0.00828. The maximum Gasteiger partial charge on any atom is 0.307 e. The van der Waals surface area contributed by atoms with Crippen LogP contribution in [-0.4, -0.2) is 46.2 Å². The summed E-state index contributed by atoms with van der Waals surface area (Å²) in [6, 6.07) is 0. The van der Waals surface area contributed by atoms with Gasteiger partial charge in [0, 0.05) is 13.1 Å². The molecule has 1 aliphatic heterocycles. The maximum atomic E-state index is 12.4. The van der Waals surface area contributed by atoms with Gasteiger partial charge in [-0.2, -0.15) is 0 Å². The lowest BCUT2D eigenvalue weighted by Crippen LogP contribution is -2.45. The Hall–Kier alpha value is -1.10. The highest BCUT2D eigenvalue weighted by molar-refractivity contribution is 5.85. The molecule has 1 saturated carbocycles. The van der Waals surface area contributed by atoms with Gasteiger partial charge in [0.05, 0.1) is 17.9 Å². The van der Waals surface area contributed by atoms with Crippen LogP contribution in [0.15, 0.2) is 0 Å². The molecule has 1 heterocycles. The number of carboxylic acids is 1. The monoisotopic (exact) mass is 269 g/mol. The van der Waals surface area contributed by atoms with Crippen molar-refractivity contribution in [3.05, 3.63) is 0 Å². The van der Waals surface area contributed by atoms with Gasteiger partial charge < -0.3 is 15.1 Å². The molecule has 2 rings (SSSR count). The van der Waals surface area contributed by atoms with E-state index in [4.69, 9.17) is 5.11 Å². The van der Waals surface area contributed by atoms with Crippen molar-refractivity contribution in [2.75, 3.05) is 13.1 Å². The molecular weight excluding hydrogens is 246 g/mol. The number of aliphatic hydroxyl groups is 1. The Morgan fingerprint density at radius 2 is 1.68 bits per heavy atom. The predicted molar refractivity (Wildman–Crippen MR) is 69.5 cm³/mol. The van der Waals surface area contributed by atoms with E-state index >= 15 is 0 Å². The van der Waals surface area contributed by atoms with E-state index in [-0.39, 0.29) is 23.8 Å². The molecule has 0 spiro atoms. The van der Waals surface area contributed by atoms with Crippen molar-refractivity contribution in [2.24, 2.45) is 17.8 Å². The number of amides is 1. The molecule has 1 amide bonds. The van der Waals surface area contributed by atoms with Crippen molar-refractivity contribution < 1.29 is 19.8 Å². The molecule has 2 fully saturated rings. The standard InChI is InChI=1S/C14H23NO4/c1-9(16)10-5-7-15(8-6-10)13(17)11-3-2-4-12(11)14(18)19/h9-12,16H,2-8H2,1H3,(H,18,19)/t9?,11-,12+/m1/s1. The quantitative estimate of drug-likeness (QED) is 0.804. The van der Waals surface area contributed by atoms with E-state index in [1.807, 2.05) is 0 Å². The fourth-order valence-corrected chi connectivity index (χ4v) is 3.39. The fourth-order valence-electron chi connectivity index (χ4n) is 3.39. The van der Waals surface area contributed by atoms with Gasteiger partial charge in [-0.1, -0.05) is 6.42 Å². The predicted octanol–water partition coefficient (Wildman–Crippen LogP) is 1.11. The molecule has 1 aliphatic carbocycles. The minimum atomic E-state index is -0.838. The number of piperidine rings is 1. The summed E-state index contributed by atoms with van der Waals surface area (Å²) < 4.78 is 0. The van der Waals surface area contributed by atoms with Gasteiger partial charge in [-0.25, -0.2) is 0 Å². The zero-order valence-electron chi connectivity index (χ0n) is 11.4. The SMILES string of the molecule is CC(O)C1CCN(C(=O)[C@@H]2CCC[C@@H]2C(=O)O)CC1. The van der Waals surface area contributed by atoms with E-state index in [2.05, 4.69) is 0 Å². The minimum Gasteiger partial charge on any atom is -0.481 e. The lowest BCUT2D eigenvalue weighted by atomic mass is 9.89. The van der Waals surface area contributed by atoms with Crippen molar-refractivity contribution in [1.29, 1.82) is 0 Å². The Kier molecular flexibility index (Phi) is 4.45. The van der Waals surface area contributed by atoms with Gasteiger partial charge in [-0.15, -0.1) is 0 Å². The van der Waals surface area contributed by atoms with Crippen LogP contribution in [0.4, 0.5) is 0 Å². The zero-order chi connectivity index (χ0) is 14.0. The summed E-state index contributed by atoms with van der Waals surface area (Å²) in [4.78, 5) is 25.3. The molecule has 3 atom stereocenters. The van der Waals surface area contributed by atoms with Crippen LogP contribution < -0.4 is 0 Å². The number of hydrogen-bond donors (Lipinski definition) is 2. The third-order valence-corrected chi connectivity index (χ3v) is 4.68. The largest absolute Gasteiger partial charge is 0.481 e. The van der Waals surface area contributed by atoms with Crippen molar-refractivity contribution in [2.45, 2.75) is 45.1 Å². The van der Waals surface area contributed by atoms with E-state index in [1.54, 1.807) is 11.8 Å². The lowest BCUT2D eigenvalue weighted by Gasteiger charge is -2.35. The topological polar surface area (TPSA) is 77.8 Å². The van der Waals surface area contributed by atoms with Crippen LogP contribution in [0, 0.1) is 17.8 Å². The highest BCUT2D eigenvalue weighted by Gasteiger charge is 2.40. The van der Waals surface area contributed by atoms with Crippen LogP contribution >= 0.6 is 0 Å². The van der Waals surface area contributed by atoms with Crippen LogP contribution in [0.3, 0.4) is 0 Å². The van der Waals surface area contributed by atoms with Crippen LogP contribution in [0.5, 0.6) is 0 Å². The van der Waals surface area contributed by atoms with Crippen LogP contribution in [0.25, 0.3) is 0 Å².